The van der Waals surface area contributed by atoms with E-state index in [-0.39, 0.29) is 0 Å². The smallest absolute Gasteiger partial charge is 0.231 e. The zero-order chi connectivity index (χ0) is 11.4. The number of fused-ring (bicyclic) bond motifs is 1. The van der Waals surface area contributed by atoms with Crippen LogP contribution < -0.4 is 14.8 Å². The molecule has 0 saturated carbocycles. The molecule has 0 spiro atoms. The molecule has 0 saturated heterocycles. The molecule has 0 fully saturated rings. The summed E-state index contributed by atoms with van der Waals surface area (Å²) in [6, 6.07) is 6.34. The molecule has 1 N–H and O–H groups in total. The topological polar surface area (TPSA) is 39.7 Å². The molecular weight excluding hydrogens is 206 g/mol. The fourth-order valence-electron chi connectivity index (χ4n) is 1.65. The minimum absolute atomic E-state index is 0.326. The van der Waals surface area contributed by atoms with Gasteiger partial charge in [-0.05, 0) is 24.6 Å². The fourth-order valence-corrected chi connectivity index (χ4v) is 1.65. The van der Waals surface area contributed by atoms with Gasteiger partial charge >= 0.3 is 0 Å². The summed E-state index contributed by atoms with van der Waals surface area (Å²) in [4.78, 5) is 0. The summed E-state index contributed by atoms with van der Waals surface area (Å²) in [6.07, 6.45) is 0. The largest absolute Gasteiger partial charge is 0.454 e. The second kappa shape index (κ2) is 5.18. The molecule has 1 heterocycles. The third-order valence-corrected chi connectivity index (χ3v) is 2.51. The second-order valence-corrected chi connectivity index (χ2v) is 3.92. The van der Waals surface area contributed by atoms with E-state index in [4.69, 9.17) is 14.2 Å². The summed E-state index contributed by atoms with van der Waals surface area (Å²) in [5, 5.41) is 3.37. The number of methoxy groups -OCH3 is 1. The Balaban J connectivity index is 1.90. The minimum Gasteiger partial charge on any atom is -0.454 e. The lowest BCUT2D eigenvalue weighted by molar-refractivity contribution is 0.171. The van der Waals surface area contributed by atoms with E-state index in [9.17, 15) is 0 Å². The van der Waals surface area contributed by atoms with Crippen LogP contribution in [0.5, 0.6) is 11.5 Å². The highest BCUT2D eigenvalue weighted by Gasteiger charge is 2.13. The molecule has 0 aromatic heterocycles. The van der Waals surface area contributed by atoms with Crippen molar-refractivity contribution < 1.29 is 14.2 Å². The highest BCUT2D eigenvalue weighted by atomic mass is 16.7. The quantitative estimate of drug-likeness (QED) is 0.822. The fraction of sp³-hybridized carbons (Fsp3) is 0.500. The number of hydrogen-bond donors (Lipinski definition) is 1. The molecule has 1 aromatic carbocycles. The van der Waals surface area contributed by atoms with Gasteiger partial charge < -0.3 is 19.5 Å². The summed E-state index contributed by atoms with van der Waals surface area (Å²) >= 11 is 0. The van der Waals surface area contributed by atoms with Gasteiger partial charge in [-0.1, -0.05) is 6.07 Å². The summed E-state index contributed by atoms with van der Waals surface area (Å²) in [5.41, 5.74) is 1.19. The van der Waals surface area contributed by atoms with Crippen molar-refractivity contribution in [1.29, 1.82) is 0 Å². The van der Waals surface area contributed by atoms with Crippen molar-refractivity contribution in [3.8, 4) is 11.5 Å². The maximum Gasteiger partial charge on any atom is 0.231 e. The molecule has 1 aliphatic heterocycles. The van der Waals surface area contributed by atoms with Crippen LogP contribution in [0.1, 0.15) is 12.5 Å². The monoisotopic (exact) mass is 223 g/mol. The summed E-state index contributed by atoms with van der Waals surface area (Å²) in [6.45, 7) is 3.94. The first-order valence-electron chi connectivity index (χ1n) is 5.40. The van der Waals surface area contributed by atoms with Gasteiger partial charge in [0, 0.05) is 19.7 Å². The van der Waals surface area contributed by atoms with Crippen molar-refractivity contribution in [1.82, 2.24) is 5.32 Å². The Morgan fingerprint density at radius 2 is 2.19 bits per heavy atom. The molecule has 0 bridgehead atoms. The minimum atomic E-state index is 0.326. The highest BCUT2D eigenvalue weighted by molar-refractivity contribution is 5.44. The van der Waals surface area contributed by atoms with Crippen LogP contribution in [0.2, 0.25) is 0 Å². The van der Waals surface area contributed by atoms with Crippen molar-refractivity contribution in [2.45, 2.75) is 19.5 Å². The van der Waals surface area contributed by atoms with Crippen LogP contribution in [0.3, 0.4) is 0 Å². The van der Waals surface area contributed by atoms with Gasteiger partial charge in [-0.2, -0.15) is 0 Å². The Morgan fingerprint density at radius 3 is 3.00 bits per heavy atom. The van der Waals surface area contributed by atoms with Gasteiger partial charge in [-0.25, -0.2) is 0 Å². The zero-order valence-electron chi connectivity index (χ0n) is 9.66. The van der Waals surface area contributed by atoms with Crippen LogP contribution >= 0.6 is 0 Å². The summed E-state index contributed by atoms with van der Waals surface area (Å²) in [5.74, 6) is 1.66. The van der Waals surface area contributed by atoms with E-state index in [0.717, 1.165) is 18.0 Å². The van der Waals surface area contributed by atoms with E-state index >= 15 is 0 Å². The van der Waals surface area contributed by atoms with Gasteiger partial charge in [0.2, 0.25) is 6.79 Å². The third-order valence-electron chi connectivity index (χ3n) is 2.51. The van der Waals surface area contributed by atoms with Gasteiger partial charge in [-0.3, -0.25) is 0 Å². The summed E-state index contributed by atoms with van der Waals surface area (Å²) < 4.78 is 15.6. The molecule has 1 atom stereocenters. The molecule has 1 aromatic rings. The number of ether oxygens (including phenoxy) is 3. The normalized spacial score (nSPS) is 15.1. The number of nitrogens with one attached hydrogen (secondary N) is 1. The average molecular weight is 223 g/mol. The molecule has 2 rings (SSSR count). The zero-order valence-corrected chi connectivity index (χ0v) is 9.66. The number of benzene rings is 1. The van der Waals surface area contributed by atoms with E-state index in [2.05, 4.69) is 12.2 Å². The average Bonchev–Trinajstić information content (AvgIpc) is 2.74. The van der Waals surface area contributed by atoms with Gasteiger partial charge in [0.05, 0.1) is 6.61 Å². The predicted octanol–water partition coefficient (Wildman–Crippen LogP) is 1.54. The first-order valence-corrected chi connectivity index (χ1v) is 5.40. The summed E-state index contributed by atoms with van der Waals surface area (Å²) in [7, 11) is 1.71. The van der Waals surface area contributed by atoms with Crippen molar-refractivity contribution >= 4 is 0 Å². The first kappa shape index (κ1) is 11.2. The Labute approximate surface area is 95.5 Å². The maximum absolute atomic E-state index is 5.32. The Hall–Kier alpha value is -1.26. The standard InChI is InChI=1S/C12H17NO3/c1-9(7-14-2)13-6-10-3-4-11-12(5-10)16-8-15-11/h3-5,9,13H,6-8H2,1-2H3. The molecule has 0 amide bonds. The van der Waals surface area contributed by atoms with Crippen LogP contribution in [-0.4, -0.2) is 26.6 Å². The predicted molar refractivity (Wildman–Crippen MR) is 60.7 cm³/mol. The number of rotatable bonds is 5. The molecule has 88 valence electrons. The van der Waals surface area contributed by atoms with Crippen LogP contribution in [0.15, 0.2) is 18.2 Å². The van der Waals surface area contributed by atoms with E-state index in [1.807, 2.05) is 18.2 Å². The van der Waals surface area contributed by atoms with Crippen molar-refractivity contribution in [3.63, 3.8) is 0 Å². The third kappa shape index (κ3) is 2.65. The van der Waals surface area contributed by atoms with Gasteiger partial charge in [-0.15, -0.1) is 0 Å². The second-order valence-electron chi connectivity index (χ2n) is 3.92. The Bertz CT molecular complexity index is 354. The van der Waals surface area contributed by atoms with E-state index < -0.39 is 0 Å². The van der Waals surface area contributed by atoms with Crippen LogP contribution in [0, 0.1) is 0 Å². The first-order chi connectivity index (χ1) is 7.79. The Morgan fingerprint density at radius 1 is 1.38 bits per heavy atom. The molecule has 16 heavy (non-hydrogen) atoms. The Kier molecular flexibility index (Phi) is 3.64. The molecule has 1 aliphatic rings. The molecule has 4 nitrogen and oxygen atoms in total. The molecular formula is C12H17NO3. The van der Waals surface area contributed by atoms with Gasteiger partial charge in [0.15, 0.2) is 11.5 Å². The lowest BCUT2D eigenvalue weighted by atomic mass is 10.2. The lowest BCUT2D eigenvalue weighted by Gasteiger charge is -2.12. The van der Waals surface area contributed by atoms with Crippen LogP contribution in [-0.2, 0) is 11.3 Å². The van der Waals surface area contributed by atoms with Crippen molar-refractivity contribution in [3.05, 3.63) is 23.8 Å². The van der Waals surface area contributed by atoms with Crippen LogP contribution in [0.25, 0.3) is 0 Å². The van der Waals surface area contributed by atoms with E-state index in [1.165, 1.54) is 5.56 Å². The SMILES string of the molecule is COCC(C)NCc1ccc2c(c1)OCO2. The highest BCUT2D eigenvalue weighted by Crippen LogP contribution is 2.32. The lowest BCUT2D eigenvalue weighted by Crippen LogP contribution is -2.29. The van der Waals surface area contributed by atoms with Gasteiger partial charge in [0.25, 0.3) is 0 Å². The van der Waals surface area contributed by atoms with E-state index in [1.54, 1.807) is 7.11 Å². The van der Waals surface area contributed by atoms with Gasteiger partial charge in [0.1, 0.15) is 0 Å². The van der Waals surface area contributed by atoms with Crippen molar-refractivity contribution in [2.75, 3.05) is 20.5 Å². The molecule has 4 heteroatoms. The maximum atomic E-state index is 5.32. The van der Waals surface area contributed by atoms with Crippen LogP contribution in [0.4, 0.5) is 0 Å². The van der Waals surface area contributed by atoms with E-state index in [0.29, 0.717) is 19.4 Å². The number of hydrogen-bond acceptors (Lipinski definition) is 4. The molecule has 0 aliphatic carbocycles. The molecule has 1 unspecified atom stereocenters. The molecule has 0 radical (unpaired) electrons. The van der Waals surface area contributed by atoms with Crippen molar-refractivity contribution in [2.24, 2.45) is 0 Å².